The number of hydrogen-bond acceptors (Lipinski definition) is 5. The number of thioether (sulfide) groups is 1. The molecule has 4 atom stereocenters. The van der Waals surface area contributed by atoms with Gasteiger partial charge in [0.05, 0.1) is 0 Å². The summed E-state index contributed by atoms with van der Waals surface area (Å²) in [6.07, 6.45) is 3.84. The van der Waals surface area contributed by atoms with Crippen molar-refractivity contribution >= 4 is 28.7 Å². The first-order chi connectivity index (χ1) is 17.4. The molecule has 2 aromatic rings. The molecule has 2 aliphatic heterocycles. The molecule has 36 heavy (non-hydrogen) atoms. The Morgan fingerprint density at radius 2 is 1.47 bits per heavy atom. The number of hydrogen-bond donors (Lipinski definition) is 2. The zero-order valence-corrected chi connectivity index (χ0v) is 22.4. The predicted octanol–water partition coefficient (Wildman–Crippen LogP) is 5.58. The van der Waals surface area contributed by atoms with Crippen LogP contribution in [0.5, 0.6) is 0 Å². The SMILES string of the molecule is CCC(=O)NC1=NN(C(=O)CC)C2(S1)C1CCCC2C(c2ccc(C)cc2)NC1c1ccc(C)cc1. The summed E-state index contributed by atoms with van der Waals surface area (Å²) in [7, 11) is 0. The van der Waals surface area contributed by atoms with Crippen LogP contribution in [0.25, 0.3) is 0 Å². The second kappa shape index (κ2) is 10.0. The summed E-state index contributed by atoms with van der Waals surface area (Å²) in [6, 6.07) is 17.7. The number of piperidine rings is 1. The van der Waals surface area contributed by atoms with Crippen molar-refractivity contribution in [3.05, 3.63) is 70.8 Å². The quantitative estimate of drug-likeness (QED) is 0.570. The van der Waals surface area contributed by atoms with E-state index in [4.69, 9.17) is 5.10 Å². The van der Waals surface area contributed by atoms with Crippen molar-refractivity contribution in [2.75, 3.05) is 0 Å². The van der Waals surface area contributed by atoms with Crippen LogP contribution in [-0.4, -0.2) is 26.9 Å². The van der Waals surface area contributed by atoms with Crippen molar-refractivity contribution in [2.24, 2.45) is 16.9 Å². The molecule has 7 heteroatoms. The van der Waals surface area contributed by atoms with E-state index in [1.165, 1.54) is 22.3 Å². The lowest BCUT2D eigenvalue weighted by Crippen LogP contribution is -2.65. The molecule has 3 aliphatic rings. The Balaban J connectivity index is 1.65. The minimum absolute atomic E-state index is 0.00681. The highest BCUT2D eigenvalue weighted by atomic mass is 32.2. The molecule has 2 aromatic carbocycles. The van der Waals surface area contributed by atoms with Gasteiger partial charge in [0.15, 0.2) is 5.17 Å². The van der Waals surface area contributed by atoms with Gasteiger partial charge in [-0.2, -0.15) is 0 Å². The minimum Gasteiger partial charge on any atom is -0.304 e. The number of carbonyl (C=O) groups is 2. The van der Waals surface area contributed by atoms with Gasteiger partial charge in [0.1, 0.15) is 4.87 Å². The second-order valence-corrected chi connectivity index (χ2v) is 11.6. The van der Waals surface area contributed by atoms with Crippen LogP contribution in [0.1, 0.15) is 80.3 Å². The summed E-state index contributed by atoms with van der Waals surface area (Å²) in [5.74, 6) is 0.237. The fourth-order valence-electron chi connectivity index (χ4n) is 6.20. The Bertz CT molecular complexity index is 1100. The Hall–Kier alpha value is -2.64. The van der Waals surface area contributed by atoms with Crippen LogP contribution in [0.3, 0.4) is 0 Å². The fourth-order valence-corrected chi connectivity index (χ4v) is 7.84. The molecule has 190 valence electrons. The van der Waals surface area contributed by atoms with Gasteiger partial charge in [-0.3, -0.25) is 9.59 Å². The van der Waals surface area contributed by atoms with Crippen molar-refractivity contribution < 1.29 is 9.59 Å². The summed E-state index contributed by atoms with van der Waals surface area (Å²) in [5.41, 5.74) is 4.93. The summed E-state index contributed by atoms with van der Waals surface area (Å²) < 4.78 is 0. The Morgan fingerprint density at radius 3 is 1.94 bits per heavy atom. The van der Waals surface area contributed by atoms with E-state index in [1.54, 1.807) is 16.8 Å². The highest BCUT2D eigenvalue weighted by molar-refractivity contribution is 8.15. The number of amides is 2. The van der Waals surface area contributed by atoms with E-state index in [-0.39, 0.29) is 35.7 Å². The Morgan fingerprint density at radius 1 is 0.944 bits per heavy atom. The van der Waals surface area contributed by atoms with E-state index in [0.29, 0.717) is 18.0 Å². The van der Waals surface area contributed by atoms with Gasteiger partial charge in [-0.25, -0.2) is 5.01 Å². The molecule has 2 fully saturated rings. The summed E-state index contributed by atoms with van der Waals surface area (Å²) in [4.78, 5) is 25.3. The molecule has 0 aromatic heterocycles. The highest BCUT2D eigenvalue weighted by Crippen LogP contribution is 2.63. The summed E-state index contributed by atoms with van der Waals surface area (Å²) in [6.45, 7) is 7.94. The Labute approximate surface area is 218 Å². The number of nitrogens with one attached hydrogen (secondary N) is 2. The molecule has 5 rings (SSSR count). The van der Waals surface area contributed by atoms with Gasteiger partial charge in [0, 0.05) is 36.8 Å². The molecule has 6 nitrogen and oxygen atoms in total. The van der Waals surface area contributed by atoms with Gasteiger partial charge in [-0.1, -0.05) is 91.7 Å². The van der Waals surface area contributed by atoms with Crippen LogP contribution in [0.4, 0.5) is 0 Å². The normalized spacial score (nSPS) is 29.2. The van der Waals surface area contributed by atoms with Gasteiger partial charge in [-0.05, 0) is 37.8 Å². The molecular formula is C29H36N4O2S. The third kappa shape index (κ3) is 4.26. The van der Waals surface area contributed by atoms with E-state index in [1.807, 2.05) is 13.8 Å². The van der Waals surface area contributed by atoms with Gasteiger partial charge >= 0.3 is 0 Å². The van der Waals surface area contributed by atoms with Crippen molar-refractivity contribution in [3.63, 3.8) is 0 Å². The zero-order chi connectivity index (χ0) is 25.4. The molecule has 2 N–H and O–H groups in total. The topological polar surface area (TPSA) is 73.8 Å². The molecule has 1 aliphatic carbocycles. The fraction of sp³-hybridized carbons (Fsp3) is 0.483. The van der Waals surface area contributed by atoms with Crippen LogP contribution in [-0.2, 0) is 9.59 Å². The average molecular weight is 505 g/mol. The monoisotopic (exact) mass is 504 g/mol. The van der Waals surface area contributed by atoms with Crippen LogP contribution in [0.2, 0.25) is 0 Å². The minimum atomic E-state index is -0.557. The number of hydrazone groups is 1. The lowest BCUT2D eigenvalue weighted by molar-refractivity contribution is -0.142. The lowest BCUT2D eigenvalue weighted by atomic mass is 9.64. The number of rotatable bonds is 4. The van der Waals surface area contributed by atoms with Gasteiger partial charge in [0.25, 0.3) is 0 Å². The van der Waals surface area contributed by atoms with Crippen molar-refractivity contribution in [2.45, 2.75) is 76.8 Å². The number of nitrogens with zero attached hydrogens (tertiary/aromatic N) is 2. The maximum absolute atomic E-state index is 13.5. The first-order valence-corrected chi connectivity index (χ1v) is 14.0. The number of aryl methyl sites for hydroxylation is 2. The van der Waals surface area contributed by atoms with Gasteiger partial charge in [-0.15, -0.1) is 5.10 Å². The van der Waals surface area contributed by atoms with E-state index in [9.17, 15) is 9.59 Å². The summed E-state index contributed by atoms with van der Waals surface area (Å²) >= 11 is 1.61. The highest BCUT2D eigenvalue weighted by Gasteiger charge is 2.64. The molecule has 0 radical (unpaired) electrons. The van der Waals surface area contributed by atoms with Gasteiger partial charge in [0.2, 0.25) is 11.8 Å². The molecule has 2 heterocycles. The number of amidine groups is 1. The van der Waals surface area contributed by atoms with E-state index < -0.39 is 4.87 Å². The molecule has 1 spiro atoms. The molecule has 1 saturated heterocycles. The van der Waals surface area contributed by atoms with E-state index in [0.717, 1.165) is 19.3 Å². The lowest BCUT2D eigenvalue weighted by Gasteiger charge is -2.59. The molecule has 4 unspecified atom stereocenters. The van der Waals surface area contributed by atoms with E-state index in [2.05, 4.69) is 73.0 Å². The maximum atomic E-state index is 13.5. The van der Waals surface area contributed by atoms with Crippen molar-refractivity contribution in [1.29, 1.82) is 0 Å². The largest absolute Gasteiger partial charge is 0.304 e. The first-order valence-electron chi connectivity index (χ1n) is 13.2. The number of carbonyl (C=O) groups excluding carboxylic acids is 2. The second-order valence-electron chi connectivity index (χ2n) is 10.3. The van der Waals surface area contributed by atoms with Crippen molar-refractivity contribution in [3.8, 4) is 0 Å². The Kier molecular flexibility index (Phi) is 6.97. The molecule has 1 saturated carbocycles. The van der Waals surface area contributed by atoms with Crippen LogP contribution < -0.4 is 10.6 Å². The molecule has 2 amide bonds. The van der Waals surface area contributed by atoms with Crippen molar-refractivity contribution in [1.82, 2.24) is 15.6 Å². The van der Waals surface area contributed by atoms with E-state index >= 15 is 0 Å². The van der Waals surface area contributed by atoms with Crippen LogP contribution in [0, 0.1) is 25.7 Å². The third-order valence-corrected chi connectivity index (χ3v) is 9.50. The predicted molar refractivity (Wildman–Crippen MR) is 145 cm³/mol. The van der Waals surface area contributed by atoms with Crippen LogP contribution >= 0.6 is 11.8 Å². The maximum Gasteiger partial charge on any atom is 0.243 e. The zero-order valence-electron chi connectivity index (χ0n) is 21.6. The average Bonchev–Trinajstić information content (AvgIpc) is 3.23. The smallest absolute Gasteiger partial charge is 0.243 e. The molecule has 2 bridgehead atoms. The first kappa shape index (κ1) is 25.0. The molecular weight excluding hydrogens is 468 g/mol. The standard InChI is InChI=1S/C29H36N4O2S/c1-5-24(34)30-28-32-33(25(35)6-2)29(36-28)22-8-7-9-23(29)27(21-16-12-19(4)13-17-21)31-26(22)20-14-10-18(3)11-15-20/h10-17,22-23,26-27,31H,5-9H2,1-4H3,(H,30,32,34). The number of benzene rings is 2. The van der Waals surface area contributed by atoms with Gasteiger partial charge < -0.3 is 10.6 Å². The third-order valence-electron chi connectivity index (χ3n) is 8.02. The van der Waals surface area contributed by atoms with Crippen LogP contribution in [0.15, 0.2) is 53.6 Å². The summed E-state index contributed by atoms with van der Waals surface area (Å²) in [5, 5.41) is 14.1.